The van der Waals surface area contributed by atoms with E-state index in [0.717, 1.165) is 17.3 Å². The molecule has 0 spiro atoms. The van der Waals surface area contributed by atoms with Crippen LogP contribution < -0.4 is 5.32 Å². The average Bonchev–Trinajstić information content (AvgIpc) is 3.31. The smallest absolute Gasteiger partial charge is 0.251 e. The molecule has 0 saturated heterocycles. The van der Waals surface area contributed by atoms with Crippen LogP contribution in [0.1, 0.15) is 28.8 Å². The Morgan fingerprint density at radius 2 is 2.00 bits per heavy atom. The van der Waals surface area contributed by atoms with Gasteiger partial charge in [0.1, 0.15) is 0 Å². The normalized spacial score (nSPS) is 15.4. The number of aryl methyl sites for hydroxylation is 1. The summed E-state index contributed by atoms with van der Waals surface area (Å²) in [7, 11) is 2.09. The third kappa shape index (κ3) is 2.65. The zero-order valence-corrected chi connectivity index (χ0v) is 15.1. The van der Waals surface area contributed by atoms with Crippen molar-refractivity contribution < 1.29 is 4.79 Å². The summed E-state index contributed by atoms with van der Waals surface area (Å²) in [5.74, 6) is -0.0113. The van der Waals surface area contributed by atoms with Crippen molar-refractivity contribution in [3.63, 3.8) is 0 Å². The topological polar surface area (TPSA) is 34.0 Å². The molecular formula is C20H19BrN2O. The van der Waals surface area contributed by atoms with Gasteiger partial charge < -0.3 is 9.88 Å². The van der Waals surface area contributed by atoms with Gasteiger partial charge in [0.2, 0.25) is 0 Å². The van der Waals surface area contributed by atoms with Crippen LogP contribution in [0, 0.1) is 0 Å². The minimum Gasteiger partial charge on any atom is -0.351 e. The summed E-state index contributed by atoms with van der Waals surface area (Å²) in [6.07, 6.45) is 4.47. The van der Waals surface area contributed by atoms with Gasteiger partial charge >= 0.3 is 0 Å². The number of aromatic nitrogens is 1. The van der Waals surface area contributed by atoms with Gasteiger partial charge in [-0.1, -0.05) is 40.2 Å². The number of halogens is 1. The highest BCUT2D eigenvalue weighted by Gasteiger charge is 2.46. The molecule has 0 unspecified atom stereocenters. The third-order valence-corrected chi connectivity index (χ3v) is 5.49. The van der Waals surface area contributed by atoms with Crippen molar-refractivity contribution in [1.82, 2.24) is 9.88 Å². The largest absolute Gasteiger partial charge is 0.351 e. The van der Waals surface area contributed by atoms with E-state index in [9.17, 15) is 4.79 Å². The van der Waals surface area contributed by atoms with Crippen LogP contribution in [0.3, 0.4) is 0 Å². The highest BCUT2D eigenvalue weighted by Crippen LogP contribution is 2.50. The van der Waals surface area contributed by atoms with Crippen LogP contribution in [0.5, 0.6) is 0 Å². The van der Waals surface area contributed by atoms with Crippen LogP contribution in [-0.4, -0.2) is 17.0 Å². The highest BCUT2D eigenvalue weighted by molar-refractivity contribution is 9.10. The molecule has 24 heavy (non-hydrogen) atoms. The predicted octanol–water partition coefficient (Wildman–Crippen LogP) is 4.40. The van der Waals surface area contributed by atoms with Crippen LogP contribution in [0.15, 0.2) is 59.2 Å². The standard InChI is InChI=1S/C20H19BrN2O/c1-23-12-17(16-7-2-3-8-18(16)23)20(9-10-20)13-22-19(24)14-5-4-6-15(21)11-14/h2-8,11-12H,9-10,13H2,1H3,(H,22,24). The molecule has 1 fully saturated rings. The van der Waals surface area contributed by atoms with Crippen LogP contribution in [0.25, 0.3) is 10.9 Å². The number of hydrogen-bond acceptors (Lipinski definition) is 1. The molecule has 4 rings (SSSR count). The molecule has 1 aliphatic rings. The molecule has 0 aliphatic heterocycles. The summed E-state index contributed by atoms with van der Waals surface area (Å²) in [5.41, 5.74) is 3.38. The van der Waals surface area contributed by atoms with E-state index < -0.39 is 0 Å². The number of hydrogen-bond donors (Lipinski definition) is 1. The van der Waals surface area contributed by atoms with Gasteiger partial charge in [-0.2, -0.15) is 0 Å². The molecule has 1 aromatic heterocycles. The maximum Gasteiger partial charge on any atom is 0.251 e. The van der Waals surface area contributed by atoms with Crippen LogP contribution in [0.2, 0.25) is 0 Å². The van der Waals surface area contributed by atoms with Crippen molar-refractivity contribution in [3.8, 4) is 0 Å². The molecule has 0 bridgehead atoms. The van der Waals surface area contributed by atoms with E-state index >= 15 is 0 Å². The van der Waals surface area contributed by atoms with Gasteiger partial charge in [-0.05, 0) is 42.7 Å². The average molecular weight is 383 g/mol. The first-order valence-corrected chi connectivity index (χ1v) is 8.97. The summed E-state index contributed by atoms with van der Waals surface area (Å²) in [6.45, 7) is 0.687. The number of nitrogens with zero attached hydrogens (tertiary/aromatic N) is 1. The van der Waals surface area contributed by atoms with Crippen molar-refractivity contribution in [3.05, 3.63) is 70.3 Å². The van der Waals surface area contributed by atoms with Crippen molar-refractivity contribution >= 4 is 32.7 Å². The lowest BCUT2D eigenvalue weighted by Crippen LogP contribution is -2.32. The number of benzene rings is 2. The van der Waals surface area contributed by atoms with Gasteiger partial charge in [0, 0.05) is 46.1 Å². The van der Waals surface area contributed by atoms with Gasteiger partial charge in [-0.15, -0.1) is 0 Å². The molecule has 1 amide bonds. The third-order valence-electron chi connectivity index (χ3n) is 5.00. The Hall–Kier alpha value is -2.07. The molecule has 3 nitrogen and oxygen atoms in total. The lowest BCUT2D eigenvalue weighted by Gasteiger charge is -2.16. The summed E-state index contributed by atoms with van der Waals surface area (Å²) < 4.78 is 3.10. The second-order valence-electron chi connectivity index (χ2n) is 6.64. The SMILES string of the molecule is Cn1cc(C2(CNC(=O)c3cccc(Br)c3)CC2)c2ccccc21. The van der Waals surface area contributed by atoms with Crippen molar-refractivity contribution in [2.45, 2.75) is 18.3 Å². The van der Waals surface area contributed by atoms with E-state index in [4.69, 9.17) is 0 Å². The number of carbonyl (C=O) groups is 1. The molecule has 0 atom stereocenters. The number of fused-ring (bicyclic) bond motifs is 1. The van der Waals surface area contributed by atoms with Crippen LogP contribution >= 0.6 is 15.9 Å². The quantitative estimate of drug-likeness (QED) is 0.712. The second kappa shape index (κ2) is 5.78. The Labute approximate surface area is 149 Å². The van der Waals surface area contributed by atoms with Crippen molar-refractivity contribution in [2.75, 3.05) is 6.54 Å². The molecule has 0 radical (unpaired) electrons. The predicted molar refractivity (Wildman–Crippen MR) is 100 cm³/mol. The first kappa shape index (κ1) is 15.5. The second-order valence-corrected chi connectivity index (χ2v) is 7.56. The first-order valence-electron chi connectivity index (χ1n) is 8.17. The zero-order valence-electron chi connectivity index (χ0n) is 13.6. The lowest BCUT2D eigenvalue weighted by molar-refractivity contribution is 0.0949. The fourth-order valence-electron chi connectivity index (χ4n) is 3.44. The number of nitrogens with one attached hydrogen (secondary N) is 1. The monoisotopic (exact) mass is 382 g/mol. The van der Waals surface area contributed by atoms with E-state index in [1.165, 1.54) is 16.5 Å². The summed E-state index contributed by atoms with van der Waals surface area (Å²) in [5, 5.41) is 4.43. The fraction of sp³-hybridized carbons (Fsp3) is 0.250. The molecule has 1 heterocycles. The van der Waals surface area contributed by atoms with Gasteiger partial charge in [0.15, 0.2) is 0 Å². The Kier molecular flexibility index (Phi) is 3.72. The van der Waals surface area contributed by atoms with E-state index in [0.29, 0.717) is 12.1 Å². The molecule has 1 aliphatic carbocycles. The van der Waals surface area contributed by atoms with Crippen molar-refractivity contribution in [1.29, 1.82) is 0 Å². The Morgan fingerprint density at radius 3 is 2.75 bits per heavy atom. The molecule has 3 aromatic rings. The Bertz CT molecular complexity index is 924. The van der Waals surface area contributed by atoms with Gasteiger partial charge in [0.25, 0.3) is 5.91 Å². The maximum absolute atomic E-state index is 12.4. The molecule has 1 saturated carbocycles. The Morgan fingerprint density at radius 1 is 1.21 bits per heavy atom. The van der Waals surface area contributed by atoms with Crippen LogP contribution in [-0.2, 0) is 12.5 Å². The number of rotatable bonds is 4. The summed E-state index contributed by atoms with van der Waals surface area (Å²) in [6, 6.07) is 16.0. The lowest BCUT2D eigenvalue weighted by atomic mass is 9.95. The number of carbonyl (C=O) groups excluding carboxylic acids is 1. The summed E-state index contributed by atoms with van der Waals surface area (Å²) in [4.78, 5) is 12.4. The zero-order chi connectivity index (χ0) is 16.7. The molecular weight excluding hydrogens is 364 g/mol. The number of para-hydroxylation sites is 1. The molecule has 4 heteroatoms. The summed E-state index contributed by atoms with van der Waals surface area (Å²) >= 11 is 3.42. The Balaban J connectivity index is 1.57. The highest BCUT2D eigenvalue weighted by atomic mass is 79.9. The number of amides is 1. The van der Waals surface area contributed by atoms with Crippen LogP contribution in [0.4, 0.5) is 0 Å². The van der Waals surface area contributed by atoms with Gasteiger partial charge in [-0.3, -0.25) is 4.79 Å². The van der Waals surface area contributed by atoms with Crippen molar-refractivity contribution in [2.24, 2.45) is 7.05 Å². The molecule has 1 N–H and O–H groups in total. The van der Waals surface area contributed by atoms with Gasteiger partial charge in [0.05, 0.1) is 0 Å². The van der Waals surface area contributed by atoms with E-state index in [-0.39, 0.29) is 11.3 Å². The fourth-order valence-corrected chi connectivity index (χ4v) is 3.84. The van der Waals surface area contributed by atoms with E-state index in [2.05, 4.69) is 63.3 Å². The minimum absolute atomic E-state index is 0.0113. The molecule has 122 valence electrons. The maximum atomic E-state index is 12.4. The van der Waals surface area contributed by atoms with E-state index in [1.807, 2.05) is 24.3 Å². The minimum atomic E-state index is -0.0113. The molecule has 2 aromatic carbocycles. The van der Waals surface area contributed by atoms with Gasteiger partial charge in [-0.25, -0.2) is 0 Å². The van der Waals surface area contributed by atoms with E-state index in [1.54, 1.807) is 0 Å². The first-order chi connectivity index (χ1) is 11.6.